The van der Waals surface area contributed by atoms with Gasteiger partial charge in [-0.3, -0.25) is 4.99 Å². The number of fused-ring (bicyclic) bond motifs is 1. The van der Waals surface area contributed by atoms with Crippen LogP contribution in [0.25, 0.3) is 0 Å². The predicted octanol–water partition coefficient (Wildman–Crippen LogP) is 1.33. The van der Waals surface area contributed by atoms with Crippen LogP contribution in [0.2, 0.25) is 0 Å². The lowest BCUT2D eigenvalue weighted by molar-refractivity contribution is 0.174. The molecule has 0 saturated heterocycles. The van der Waals surface area contributed by atoms with Crippen LogP contribution in [-0.2, 0) is 6.54 Å². The molecule has 1 aromatic rings. The molecule has 0 amide bonds. The van der Waals surface area contributed by atoms with Gasteiger partial charge in [-0.05, 0) is 17.7 Å². The highest BCUT2D eigenvalue weighted by atomic mass is 127. The quantitative estimate of drug-likeness (QED) is 0.481. The van der Waals surface area contributed by atoms with Gasteiger partial charge < -0.3 is 20.1 Å². The highest BCUT2D eigenvalue weighted by molar-refractivity contribution is 14.0. The summed E-state index contributed by atoms with van der Waals surface area (Å²) in [6, 6.07) is 5.89. The number of ether oxygens (including phenoxy) is 2. The second kappa shape index (κ2) is 6.53. The Bertz CT molecular complexity index is 410. The van der Waals surface area contributed by atoms with E-state index in [1.54, 1.807) is 7.05 Å². The van der Waals surface area contributed by atoms with Crippen molar-refractivity contribution < 1.29 is 9.47 Å². The third-order valence-corrected chi connectivity index (χ3v) is 2.36. The average molecular weight is 349 g/mol. The number of benzene rings is 1. The maximum atomic E-state index is 5.30. The summed E-state index contributed by atoms with van der Waals surface area (Å²) < 4.78 is 10.5. The highest BCUT2D eigenvalue weighted by Crippen LogP contribution is 2.32. The van der Waals surface area contributed by atoms with Crippen LogP contribution in [0.1, 0.15) is 5.56 Å². The van der Waals surface area contributed by atoms with Crippen molar-refractivity contribution in [3.05, 3.63) is 23.8 Å². The summed E-state index contributed by atoms with van der Waals surface area (Å²) in [4.78, 5) is 4.03. The molecule has 2 N–H and O–H groups in total. The Morgan fingerprint density at radius 2 is 2.12 bits per heavy atom. The van der Waals surface area contributed by atoms with E-state index in [-0.39, 0.29) is 24.0 Å². The van der Waals surface area contributed by atoms with Crippen LogP contribution < -0.4 is 20.1 Å². The monoisotopic (exact) mass is 349 g/mol. The molecule has 0 radical (unpaired) electrons. The lowest BCUT2D eigenvalue weighted by atomic mass is 10.2. The Hall–Kier alpha value is -1.18. The van der Waals surface area contributed by atoms with Crippen molar-refractivity contribution in [2.75, 3.05) is 20.9 Å². The van der Waals surface area contributed by atoms with Crippen molar-refractivity contribution in [1.82, 2.24) is 10.6 Å². The van der Waals surface area contributed by atoms with Crippen molar-refractivity contribution in [3.8, 4) is 11.5 Å². The first-order valence-corrected chi connectivity index (χ1v) is 5.10. The van der Waals surface area contributed by atoms with Gasteiger partial charge in [-0.1, -0.05) is 6.07 Å². The van der Waals surface area contributed by atoms with Crippen LogP contribution in [0.15, 0.2) is 23.2 Å². The van der Waals surface area contributed by atoms with Crippen LogP contribution in [0, 0.1) is 0 Å². The van der Waals surface area contributed by atoms with Crippen LogP contribution in [-0.4, -0.2) is 26.8 Å². The third-order valence-electron chi connectivity index (χ3n) is 2.36. The molecule has 1 aliphatic rings. The van der Waals surface area contributed by atoms with Crippen LogP contribution in [0.5, 0.6) is 11.5 Å². The normalized spacial score (nSPS) is 12.9. The summed E-state index contributed by atoms with van der Waals surface area (Å²) in [5.41, 5.74) is 1.13. The summed E-state index contributed by atoms with van der Waals surface area (Å²) in [6.07, 6.45) is 0. The summed E-state index contributed by atoms with van der Waals surface area (Å²) in [7, 11) is 3.56. The maximum absolute atomic E-state index is 5.30. The summed E-state index contributed by atoms with van der Waals surface area (Å²) in [6.45, 7) is 1.01. The number of aliphatic imine (C=N–C) groups is 1. The maximum Gasteiger partial charge on any atom is 0.231 e. The van der Waals surface area contributed by atoms with Gasteiger partial charge in [0.05, 0.1) is 0 Å². The van der Waals surface area contributed by atoms with Gasteiger partial charge >= 0.3 is 0 Å². The zero-order chi connectivity index (χ0) is 11.4. The fourth-order valence-electron chi connectivity index (χ4n) is 1.52. The molecule has 0 unspecified atom stereocenters. The number of halogens is 1. The molecule has 0 bridgehead atoms. The lowest BCUT2D eigenvalue weighted by Gasteiger charge is -2.08. The molecule has 0 spiro atoms. The summed E-state index contributed by atoms with van der Waals surface area (Å²) in [5.74, 6) is 2.37. The Morgan fingerprint density at radius 3 is 2.82 bits per heavy atom. The van der Waals surface area contributed by atoms with Gasteiger partial charge in [0.2, 0.25) is 6.79 Å². The van der Waals surface area contributed by atoms with Crippen molar-refractivity contribution in [3.63, 3.8) is 0 Å². The first-order chi connectivity index (χ1) is 7.83. The number of hydrogen-bond acceptors (Lipinski definition) is 3. The van der Waals surface area contributed by atoms with Gasteiger partial charge in [0.15, 0.2) is 17.5 Å². The fourth-order valence-corrected chi connectivity index (χ4v) is 1.52. The minimum atomic E-state index is 0. The molecule has 0 saturated carbocycles. The topological polar surface area (TPSA) is 54.9 Å². The zero-order valence-corrected chi connectivity index (χ0v) is 12.1. The van der Waals surface area contributed by atoms with Crippen molar-refractivity contribution in [2.45, 2.75) is 6.54 Å². The van der Waals surface area contributed by atoms with Gasteiger partial charge in [0, 0.05) is 20.6 Å². The zero-order valence-electron chi connectivity index (χ0n) is 9.82. The van der Waals surface area contributed by atoms with Crippen LogP contribution in [0.4, 0.5) is 0 Å². The van der Waals surface area contributed by atoms with E-state index in [2.05, 4.69) is 15.6 Å². The molecular weight excluding hydrogens is 333 g/mol. The first kappa shape index (κ1) is 13.9. The third kappa shape index (κ3) is 3.39. The standard InChI is InChI=1S/C11H15N3O2.HI/c1-12-11(13-2)14-6-8-3-4-9-10(5-8)16-7-15-9;/h3-5H,6-7H2,1-2H3,(H2,12,13,14);1H. The summed E-state index contributed by atoms with van der Waals surface area (Å²) in [5, 5.41) is 6.13. The Balaban J connectivity index is 0.00000144. The van der Waals surface area contributed by atoms with Crippen molar-refractivity contribution >= 4 is 29.9 Å². The van der Waals surface area contributed by atoms with E-state index in [1.807, 2.05) is 25.2 Å². The van der Waals surface area contributed by atoms with Crippen LogP contribution >= 0.6 is 24.0 Å². The molecule has 2 rings (SSSR count). The van der Waals surface area contributed by atoms with Crippen LogP contribution in [0.3, 0.4) is 0 Å². The largest absolute Gasteiger partial charge is 0.454 e. The Labute approximate surface area is 118 Å². The van der Waals surface area contributed by atoms with E-state index in [4.69, 9.17) is 9.47 Å². The van der Waals surface area contributed by atoms with E-state index in [9.17, 15) is 0 Å². The number of nitrogens with zero attached hydrogens (tertiary/aromatic N) is 1. The van der Waals surface area contributed by atoms with Gasteiger partial charge in [-0.15, -0.1) is 24.0 Å². The predicted molar refractivity (Wildman–Crippen MR) is 77.2 cm³/mol. The Kier molecular flexibility index (Phi) is 5.33. The molecule has 94 valence electrons. The van der Waals surface area contributed by atoms with E-state index in [1.165, 1.54) is 0 Å². The molecule has 17 heavy (non-hydrogen) atoms. The van der Waals surface area contributed by atoms with Gasteiger partial charge in [0.25, 0.3) is 0 Å². The molecule has 6 heteroatoms. The second-order valence-electron chi connectivity index (χ2n) is 3.36. The SMILES string of the molecule is CN=C(NC)NCc1ccc2c(c1)OCO2.I. The minimum Gasteiger partial charge on any atom is -0.454 e. The molecule has 1 aliphatic heterocycles. The molecular formula is C11H16IN3O2. The average Bonchev–Trinajstić information content (AvgIpc) is 2.77. The molecule has 0 aliphatic carbocycles. The lowest BCUT2D eigenvalue weighted by Crippen LogP contribution is -2.34. The highest BCUT2D eigenvalue weighted by Gasteiger charge is 2.12. The smallest absolute Gasteiger partial charge is 0.231 e. The van der Waals surface area contributed by atoms with Gasteiger partial charge in [-0.25, -0.2) is 0 Å². The Morgan fingerprint density at radius 1 is 1.35 bits per heavy atom. The van der Waals surface area contributed by atoms with Gasteiger partial charge in [0.1, 0.15) is 0 Å². The van der Waals surface area contributed by atoms with E-state index in [0.717, 1.165) is 23.0 Å². The van der Waals surface area contributed by atoms with Gasteiger partial charge in [-0.2, -0.15) is 0 Å². The second-order valence-corrected chi connectivity index (χ2v) is 3.36. The fraction of sp³-hybridized carbons (Fsp3) is 0.364. The van der Waals surface area contributed by atoms with E-state index in [0.29, 0.717) is 13.3 Å². The molecule has 5 nitrogen and oxygen atoms in total. The molecule has 1 aromatic carbocycles. The van der Waals surface area contributed by atoms with E-state index >= 15 is 0 Å². The number of hydrogen-bond donors (Lipinski definition) is 2. The number of rotatable bonds is 2. The summed E-state index contributed by atoms with van der Waals surface area (Å²) >= 11 is 0. The molecule has 0 fully saturated rings. The molecule has 0 aromatic heterocycles. The first-order valence-electron chi connectivity index (χ1n) is 5.10. The van der Waals surface area contributed by atoms with Crippen molar-refractivity contribution in [2.24, 2.45) is 4.99 Å². The minimum absolute atomic E-state index is 0. The molecule has 0 atom stereocenters. The van der Waals surface area contributed by atoms with E-state index < -0.39 is 0 Å². The number of guanidine groups is 1. The van der Waals surface area contributed by atoms with Crippen molar-refractivity contribution in [1.29, 1.82) is 0 Å². The molecule has 1 heterocycles. The number of nitrogens with one attached hydrogen (secondary N) is 2.